The second-order valence-corrected chi connectivity index (χ2v) is 8.01. The standard InChI is InChI=1S/C18H20ClNO3S/c19-16-9-4-10-17(14-16)24(22,23)13-11-18(21)20-12-5-8-15-6-2-1-3-7-15/h1-4,6-7,9-10,14H,5,8,11-13H2,(H,20,21). The maximum atomic E-state index is 12.2. The lowest BCUT2D eigenvalue weighted by atomic mass is 10.1. The molecule has 0 saturated heterocycles. The Morgan fingerprint density at radius 2 is 1.79 bits per heavy atom. The normalized spacial score (nSPS) is 11.2. The molecule has 0 bridgehead atoms. The molecule has 0 heterocycles. The third kappa shape index (κ3) is 5.98. The van der Waals surface area contributed by atoms with Crippen molar-refractivity contribution in [3.8, 4) is 0 Å². The molecule has 0 aliphatic rings. The van der Waals surface area contributed by atoms with Crippen LogP contribution < -0.4 is 5.32 Å². The number of carbonyl (C=O) groups is 1. The molecule has 2 aromatic rings. The third-order valence-corrected chi connectivity index (χ3v) is 5.51. The van der Waals surface area contributed by atoms with E-state index in [1.54, 1.807) is 12.1 Å². The molecule has 6 heteroatoms. The summed E-state index contributed by atoms with van der Waals surface area (Å²) in [5.41, 5.74) is 1.22. The van der Waals surface area contributed by atoms with E-state index < -0.39 is 9.84 Å². The maximum absolute atomic E-state index is 12.2. The first-order valence-electron chi connectivity index (χ1n) is 7.76. The zero-order chi connectivity index (χ0) is 17.4. The minimum atomic E-state index is -3.50. The van der Waals surface area contributed by atoms with Crippen molar-refractivity contribution in [2.24, 2.45) is 0 Å². The number of rotatable bonds is 8. The first-order valence-corrected chi connectivity index (χ1v) is 9.79. The van der Waals surface area contributed by atoms with Gasteiger partial charge in [0.25, 0.3) is 0 Å². The highest BCUT2D eigenvalue weighted by atomic mass is 35.5. The van der Waals surface area contributed by atoms with Crippen LogP contribution in [0.3, 0.4) is 0 Å². The average Bonchev–Trinajstić information content (AvgIpc) is 2.58. The lowest BCUT2D eigenvalue weighted by molar-refractivity contribution is -0.120. The molecule has 0 spiro atoms. The number of benzene rings is 2. The van der Waals surface area contributed by atoms with Gasteiger partial charge >= 0.3 is 0 Å². The first-order chi connectivity index (χ1) is 11.5. The minimum Gasteiger partial charge on any atom is -0.356 e. The highest BCUT2D eigenvalue weighted by molar-refractivity contribution is 7.91. The molecule has 0 aliphatic carbocycles. The van der Waals surface area contributed by atoms with E-state index in [-0.39, 0.29) is 23.0 Å². The van der Waals surface area contributed by atoms with Gasteiger partial charge in [0.05, 0.1) is 10.6 Å². The van der Waals surface area contributed by atoms with Crippen LogP contribution in [0.5, 0.6) is 0 Å². The van der Waals surface area contributed by atoms with Crippen molar-refractivity contribution in [2.45, 2.75) is 24.2 Å². The Balaban J connectivity index is 1.73. The largest absolute Gasteiger partial charge is 0.356 e. The molecule has 0 aromatic heterocycles. The van der Waals surface area contributed by atoms with Crippen LogP contribution in [-0.2, 0) is 21.1 Å². The molecule has 1 amide bonds. The molecular weight excluding hydrogens is 346 g/mol. The van der Waals surface area contributed by atoms with Crippen LogP contribution in [0.1, 0.15) is 18.4 Å². The van der Waals surface area contributed by atoms with Crippen LogP contribution >= 0.6 is 11.6 Å². The van der Waals surface area contributed by atoms with Crippen LogP contribution in [0.15, 0.2) is 59.5 Å². The monoisotopic (exact) mass is 365 g/mol. The summed E-state index contributed by atoms with van der Waals surface area (Å²) in [6.07, 6.45) is 1.64. The van der Waals surface area contributed by atoms with Gasteiger partial charge < -0.3 is 5.32 Å². The van der Waals surface area contributed by atoms with Gasteiger partial charge in [-0.25, -0.2) is 8.42 Å². The molecule has 1 N–H and O–H groups in total. The summed E-state index contributed by atoms with van der Waals surface area (Å²) in [6.45, 7) is 0.533. The third-order valence-electron chi connectivity index (χ3n) is 3.56. The molecule has 128 valence electrons. The van der Waals surface area contributed by atoms with Crippen molar-refractivity contribution in [1.29, 1.82) is 0 Å². The van der Waals surface area contributed by atoms with E-state index in [1.165, 1.54) is 17.7 Å². The van der Waals surface area contributed by atoms with E-state index in [9.17, 15) is 13.2 Å². The maximum Gasteiger partial charge on any atom is 0.221 e. The van der Waals surface area contributed by atoms with Crippen LogP contribution in [0, 0.1) is 0 Å². The molecule has 4 nitrogen and oxygen atoms in total. The lowest BCUT2D eigenvalue weighted by Gasteiger charge is -2.07. The highest BCUT2D eigenvalue weighted by Crippen LogP contribution is 2.17. The fourth-order valence-corrected chi connectivity index (χ4v) is 3.80. The van der Waals surface area contributed by atoms with Crippen LogP contribution in [0.25, 0.3) is 0 Å². The topological polar surface area (TPSA) is 63.2 Å². The van der Waals surface area contributed by atoms with Crippen LogP contribution in [-0.4, -0.2) is 26.6 Å². The molecule has 0 atom stereocenters. The van der Waals surface area contributed by atoms with E-state index >= 15 is 0 Å². The molecular formula is C18H20ClNO3S. The molecule has 0 fully saturated rings. The van der Waals surface area contributed by atoms with Gasteiger partial charge in [0, 0.05) is 18.0 Å². The zero-order valence-corrected chi connectivity index (χ0v) is 14.8. The molecule has 24 heavy (non-hydrogen) atoms. The van der Waals surface area contributed by atoms with Gasteiger partial charge in [0.1, 0.15) is 0 Å². The molecule has 2 aromatic carbocycles. The van der Waals surface area contributed by atoms with Gasteiger partial charge in [0.2, 0.25) is 5.91 Å². The molecule has 0 aliphatic heterocycles. The van der Waals surface area contributed by atoms with Gasteiger partial charge in [-0.3, -0.25) is 4.79 Å². The smallest absolute Gasteiger partial charge is 0.221 e. The summed E-state index contributed by atoms with van der Waals surface area (Å²) in [4.78, 5) is 11.9. The van der Waals surface area contributed by atoms with E-state index in [2.05, 4.69) is 5.32 Å². The van der Waals surface area contributed by atoms with E-state index in [1.807, 2.05) is 30.3 Å². The number of amides is 1. The number of carbonyl (C=O) groups excluding carboxylic acids is 1. The first kappa shape index (κ1) is 18.5. The fourth-order valence-electron chi connectivity index (χ4n) is 2.26. The molecule has 0 radical (unpaired) electrons. The number of nitrogens with one attached hydrogen (secondary N) is 1. The van der Waals surface area contributed by atoms with Crippen LogP contribution in [0.4, 0.5) is 0 Å². The SMILES string of the molecule is O=C(CCS(=O)(=O)c1cccc(Cl)c1)NCCCc1ccccc1. The Morgan fingerprint density at radius 3 is 2.50 bits per heavy atom. The second kappa shape index (κ2) is 8.85. The van der Waals surface area contributed by atoms with Crippen molar-refractivity contribution >= 4 is 27.3 Å². The number of sulfone groups is 1. The Labute approximate surface area is 147 Å². The summed E-state index contributed by atoms with van der Waals surface area (Å²) in [7, 11) is -3.50. The Kier molecular flexibility index (Phi) is 6.82. The average molecular weight is 366 g/mol. The van der Waals surface area contributed by atoms with Crippen molar-refractivity contribution in [2.75, 3.05) is 12.3 Å². The zero-order valence-electron chi connectivity index (χ0n) is 13.2. The van der Waals surface area contributed by atoms with Gasteiger partial charge in [-0.15, -0.1) is 0 Å². The number of hydrogen-bond acceptors (Lipinski definition) is 3. The summed E-state index contributed by atoms with van der Waals surface area (Å²) >= 11 is 5.80. The number of hydrogen-bond donors (Lipinski definition) is 1. The highest BCUT2D eigenvalue weighted by Gasteiger charge is 2.16. The van der Waals surface area contributed by atoms with E-state index in [0.717, 1.165) is 12.8 Å². The minimum absolute atomic E-state index is 0.0554. The Morgan fingerprint density at radius 1 is 1.04 bits per heavy atom. The number of halogens is 1. The predicted molar refractivity (Wildman–Crippen MR) is 95.9 cm³/mol. The van der Waals surface area contributed by atoms with Crippen LogP contribution in [0.2, 0.25) is 5.02 Å². The fraction of sp³-hybridized carbons (Fsp3) is 0.278. The Bertz CT molecular complexity index is 776. The Hall–Kier alpha value is -1.85. The van der Waals surface area contributed by atoms with Crippen molar-refractivity contribution in [1.82, 2.24) is 5.32 Å². The quantitative estimate of drug-likeness (QED) is 0.730. The van der Waals surface area contributed by atoms with Gasteiger partial charge in [-0.05, 0) is 36.6 Å². The predicted octanol–water partition coefficient (Wildman–Crippen LogP) is 3.25. The summed E-state index contributed by atoms with van der Waals surface area (Å²) in [5.74, 6) is -0.480. The molecule has 0 unspecified atom stereocenters. The van der Waals surface area contributed by atoms with Gasteiger partial charge in [-0.2, -0.15) is 0 Å². The summed E-state index contributed by atoms with van der Waals surface area (Å²) in [5, 5.41) is 3.12. The summed E-state index contributed by atoms with van der Waals surface area (Å²) in [6, 6.07) is 16.1. The molecule has 0 saturated carbocycles. The summed E-state index contributed by atoms with van der Waals surface area (Å²) < 4.78 is 24.3. The molecule has 2 rings (SSSR count). The second-order valence-electron chi connectivity index (χ2n) is 5.47. The van der Waals surface area contributed by atoms with E-state index in [4.69, 9.17) is 11.6 Å². The lowest BCUT2D eigenvalue weighted by Crippen LogP contribution is -2.26. The number of aryl methyl sites for hydroxylation is 1. The van der Waals surface area contributed by atoms with Gasteiger partial charge in [0.15, 0.2) is 9.84 Å². The van der Waals surface area contributed by atoms with Crippen molar-refractivity contribution in [3.05, 3.63) is 65.2 Å². The van der Waals surface area contributed by atoms with Crippen molar-refractivity contribution < 1.29 is 13.2 Å². The van der Waals surface area contributed by atoms with Crippen molar-refractivity contribution in [3.63, 3.8) is 0 Å². The van der Waals surface area contributed by atoms with Gasteiger partial charge in [-0.1, -0.05) is 48.0 Å². The van der Waals surface area contributed by atoms with E-state index in [0.29, 0.717) is 11.6 Å².